The molecule has 0 aromatic heterocycles. The van der Waals surface area contributed by atoms with Gasteiger partial charge in [-0.15, -0.1) is 0 Å². The molecule has 0 spiro atoms. The van der Waals surface area contributed by atoms with Crippen molar-refractivity contribution < 1.29 is 14.3 Å². The van der Waals surface area contributed by atoms with Crippen molar-refractivity contribution in [2.45, 2.75) is 11.4 Å². The lowest BCUT2D eigenvalue weighted by atomic mass is 10.0. The third-order valence-electron chi connectivity index (χ3n) is 4.75. The Morgan fingerprint density at radius 1 is 0.867 bits per heavy atom. The highest BCUT2D eigenvalue weighted by Crippen LogP contribution is 2.42. The Bertz CT molecular complexity index is 1140. The number of ether oxygens (including phenoxy) is 1. The lowest BCUT2D eigenvalue weighted by molar-refractivity contribution is -0.137. The van der Waals surface area contributed by atoms with Crippen LogP contribution < -0.4 is 4.74 Å². The maximum atomic E-state index is 13.4. The molecule has 1 aliphatic heterocycles. The SMILES string of the molecule is COc1ccccc1C1=C(Sc2ccccc2)C(=O)N(Cc2ccccc2Cl)C1=O. The Morgan fingerprint density at radius 3 is 2.27 bits per heavy atom. The minimum Gasteiger partial charge on any atom is -0.496 e. The van der Waals surface area contributed by atoms with Gasteiger partial charge in [0.1, 0.15) is 5.75 Å². The summed E-state index contributed by atoms with van der Waals surface area (Å²) in [4.78, 5) is 29.3. The Hall–Kier alpha value is -3.02. The third-order valence-corrected chi connectivity index (χ3v) is 6.21. The standard InChI is InChI=1S/C24H18ClNO3S/c1-29-20-14-8-6-12-18(20)21-22(30-17-10-3-2-4-11-17)24(28)26(23(21)27)15-16-9-5-7-13-19(16)25/h2-14H,15H2,1H3. The first-order valence-corrected chi connectivity index (χ1v) is 10.5. The van der Waals surface area contributed by atoms with Crippen molar-refractivity contribution in [3.05, 3.63) is 99.9 Å². The molecule has 0 bridgehead atoms. The molecular formula is C24H18ClNO3S. The summed E-state index contributed by atoms with van der Waals surface area (Å²) >= 11 is 7.56. The predicted octanol–water partition coefficient (Wildman–Crippen LogP) is 5.42. The van der Waals surface area contributed by atoms with Gasteiger partial charge in [-0.2, -0.15) is 0 Å². The predicted molar refractivity (Wildman–Crippen MR) is 119 cm³/mol. The van der Waals surface area contributed by atoms with Gasteiger partial charge in [0, 0.05) is 15.5 Å². The summed E-state index contributed by atoms with van der Waals surface area (Å²) in [5.41, 5.74) is 1.66. The molecule has 150 valence electrons. The van der Waals surface area contributed by atoms with Crippen LogP contribution in [-0.4, -0.2) is 23.8 Å². The zero-order chi connectivity index (χ0) is 21.1. The quantitative estimate of drug-likeness (QED) is 0.485. The average molecular weight is 436 g/mol. The fourth-order valence-electron chi connectivity index (χ4n) is 3.28. The first kappa shape index (κ1) is 20.3. The molecule has 30 heavy (non-hydrogen) atoms. The lowest BCUT2D eigenvalue weighted by Gasteiger charge is -2.16. The molecule has 4 rings (SSSR count). The summed E-state index contributed by atoms with van der Waals surface area (Å²) in [5, 5.41) is 0.515. The summed E-state index contributed by atoms with van der Waals surface area (Å²) in [6.07, 6.45) is 0. The van der Waals surface area contributed by atoms with E-state index < -0.39 is 0 Å². The molecule has 0 N–H and O–H groups in total. The lowest BCUT2D eigenvalue weighted by Crippen LogP contribution is -2.31. The van der Waals surface area contributed by atoms with Crippen LogP contribution in [0.15, 0.2) is 88.7 Å². The van der Waals surface area contributed by atoms with E-state index in [9.17, 15) is 9.59 Å². The van der Waals surface area contributed by atoms with E-state index in [1.54, 1.807) is 25.3 Å². The second-order valence-electron chi connectivity index (χ2n) is 6.61. The van der Waals surface area contributed by atoms with E-state index in [-0.39, 0.29) is 18.4 Å². The number of thioether (sulfide) groups is 1. The van der Waals surface area contributed by atoms with Gasteiger partial charge in [-0.05, 0) is 29.8 Å². The fraction of sp³-hybridized carbons (Fsp3) is 0.0833. The second kappa shape index (κ2) is 8.78. The molecule has 0 radical (unpaired) electrons. The van der Waals surface area contributed by atoms with Gasteiger partial charge in [0.15, 0.2) is 0 Å². The van der Waals surface area contributed by atoms with Crippen LogP contribution in [0.25, 0.3) is 5.57 Å². The number of benzene rings is 3. The molecule has 0 atom stereocenters. The zero-order valence-corrected chi connectivity index (χ0v) is 17.7. The van der Waals surface area contributed by atoms with Crippen LogP contribution in [0.4, 0.5) is 0 Å². The molecule has 6 heteroatoms. The van der Waals surface area contributed by atoms with Gasteiger partial charge >= 0.3 is 0 Å². The van der Waals surface area contributed by atoms with Crippen molar-refractivity contribution in [2.75, 3.05) is 7.11 Å². The minimum absolute atomic E-state index is 0.106. The Labute approximate surface area is 184 Å². The van der Waals surface area contributed by atoms with Gasteiger partial charge in [0.2, 0.25) is 0 Å². The highest BCUT2D eigenvalue weighted by Gasteiger charge is 2.40. The molecule has 0 unspecified atom stereocenters. The molecule has 1 aliphatic rings. The molecule has 0 fully saturated rings. The Morgan fingerprint density at radius 2 is 1.53 bits per heavy atom. The summed E-state index contributed by atoms with van der Waals surface area (Å²) in [6.45, 7) is 0.106. The fourth-order valence-corrected chi connectivity index (χ4v) is 4.51. The number of methoxy groups -OCH3 is 1. The normalized spacial score (nSPS) is 13.9. The Balaban J connectivity index is 1.79. The number of nitrogens with zero attached hydrogens (tertiary/aromatic N) is 1. The van der Waals surface area contributed by atoms with Crippen molar-refractivity contribution in [1.29, 1.82) is 0 Å². The third kappa shape index (κ3) is 3.86. The Kier molecular flexibility index (Phi) is 5.93. The van der Waals surface area contributed by atoms with Crippen LogP contribution in [0.5, 0.6) is 5.75 Å². The molecule has 1 heterocycles. The van der Waals surface area contributed by atoms with Gasteiger partial charge in [-0.25, -0.2) is 0 Å². The summed E-state index contributed by atoms with van der Waals surface area (Å²) in [6, 6.07) is 24.0. The molecule has 0 saturated carbocycles. The number of carbonyl (C=O) groups is 2. The monoisotopic (exact) mass is 435 g/mol. The summed E-state index contributed by atoms with van der Waals surface area (Å²) < 4.78 is 5.47. The van der Waals surface area contributed by atoms with E-state index >= 15 is 0 Å². The average Bonchev–Trinajstić information content (AvgIpc) is 3.00. The number of halogens is 1. The van der Waals surface area contributed by atoms with Crippen molar-refractivity contribution in [1.82, 2.24) is 4.90 Å². The first-order chi connectivity index (χ1) is 14.6. The van der Waals surface area contributed by atoms with Crippen LogP contribution in [0.3, 0.4) is 0 Å². The van der Waals surface area contributed by atoms with Crippen molar-refractivity contribution >= 4 is 40.8 Å². The van der Waals surface area contributed by atoms with Gasteiger partial charge in [-0.3, -0.25) is 14.5 Å². The topological polar surface area (TPSA) is 46.6 Å². The van der Waals surface area contributed by atoms with Gasteiger partial charge < -0.3 is 4.74 Å². The molecule has 4 nitrogen and oxygen atoms in total. The number of rotatable bonds is 6. The zero-order valence-electron chi connectivity index (χ0n) is 16.2. The number of hydrogen-bond acceptors (Lipinski definition) is 4. The highest BCUT2D eigenvalue weighted by atomic mass is 35.5. The largest absolute Gasteiger partial charge is 0.496 e. The van der Waals surface area contributed by atoms with E-state index in [1.807, 2.05) is 60.7 Å². The van der Waals surface area contributed by atoms with E-state index in [4.69, 9.17) is 16.3 Å². The van der Waals surface area contributed by atoms with E-state index in [0.717, 1.165) is 4.90 Å². The molecule has 0 saturated heterocycles. The summed E-state index contributed by atoms with van der Waals surface area (Å²) in [5.74, 6) is -0.156. The van der Waals surface area contributed by atoms with Crippen LogP contribution >= 0.6 is 23.4 Å². The number of hydrogen-bond donors (Lipinski definition) is 0. The van der Waals surface area contributed by atoms with Gasteiger partial charge in [0.25, 0.3) is 11.8 Å². The van der Waals surface area contributed by atoms with Crippen LogP contribution in [0.1, 0.15) is 11.1 Å². The van der Waals surface area contributed by atoms with Crippen LogP contribution in [0, 0.1) is 0 Å². The minimum atomic E-state index is -0.358. The van der Waals surface area contributed by atoms with Crippen molar-refractivity contribution in [3.63, 3.8) is 0 Å². The molecule has 2 amide bonds. The number of amides is 2. The van der Waals surface area contributed by atoms with E-state index in [2.05, 4.69) is 0 Å². The van der Waals surface area contributed by atoms with Crippen LogP contribution in [-0.2, 0) is 16.1 Å². The number of para-hydroxylation sites is 1. The number of carbonyl (C=O) groups excluding carboxylic acids is 2. The van der Waals surface area contributed by atoms with Gasteiger partial charge in [0.05, 0.1) is 24.1 Å². The first-order valence-electron chi connectivity index (χ1n) is 9.30. The number of imide groups is 1. The maximum Gasteiger partial charge on any atom is 0.268 e. The molecule has 3 aromatic carbocycles. The second-order valence-corrected chi connectivity index (χ2v) is 8.10. The molecular weight excluding hydrogens is 418 g/mol. The van der Waals surface area contributed by atoms with E-state index in [0.29, 0.717) is 32.4 Å². The molecule has 3 aromatic rings. The summed E-state index contributed by atoms with van der Waals surface area (Å²) in [7, 11) is 1.55. The van der Waals surface area contributed by atoms with Gasteiger partial charge in [-0.1, -0.05) is 78.0 Å². The smallest absolute Gasteiger partial charge is 0.268 e. The van der Waals surface area contributed by atoms with Crippen LogP contribution in [0.2, 0.25) is 5.02 Å². The highest BCUT2D eigenvalue weighted by molar-refractivity contribution is 8.04. The van der Waals surface area contributed by atoms with Crippen molar-refractivity contribution in [2.24, 2.45) is 0 Å². The van der Waals surface area contributed by atoms with Crippen molar-refractivity contribution in [3.8, 4) is 5.75 Å². The van der Waals surface area contributed by atoms with E-state index in [1.165, 1.54) is 16.7 Å². The maximum absolute atomic E-state index is 13.4. The molecule has 0 aliphatic carbocycles.